The fraction of sp³-hybridized carbons (Fsp3) is 0.667. The molecule has 21 heavy (non-hydrogen) atoms. The Hall–Kier alpha value is -0.900. The van der Waals surface area contributed by atoms with Gasteiger partial charge in [-0.3, -0.25) is 4.90 Å². The summed E-state index contributed by atoms with van der Waals surface area (Å²) in [5.41, 5.74) is 1.94. The number of piperidine rings is 1. The summed E-state index contributed by atoms with van der Waals surface area (Å²) in [5.74, 6) is 0. The van der Waals surface area contributed by atoms with Gasteiger partial charge in [-0.25, -0.2) is 0 Å². The molecule has 0 aromatic heterocycles. The smallest absolute Gasteiger partial charge is 0.0473 e. The summed E-state index contributed by atoms with van der Waals surface area (Å²) in [5, 5.41) is 3.57. The van der Waals surface area contributed by atoms with E-state index in [2.05, 4.69) is 59.4 Å². The average Bonchev–Trinajstić information content (AvgIpc) is 2.52. The second-order valence-corrected chi connectivity index (χ2v) is 7.22. The topological polar surface area (TPSA) is 18.5 Å². The van der Waals surface area contributed by atoms with E-state index in [-0.39, 0.29) is 0 Å². The first kappa shape index (κ1) is 15.0. The van der Waals surface area contributed by atoms with Gasteiger partial charge in [-0.05, 0) is 44.0 Å². The minimum absolute atomic E-state index is 0.483. The van der Waals surface area contributed by atoms with Crippen molar-refractivity contribution in [1.82, 2.24) is 15.1 Å². The summed E-state index contributed by atoms with van der Waals surface area (Å²) in [6, 6.07) is 11.5. The maximum Gasteiger partial charge on any atom is 0.0473 e. The molecule has 3 rings (SSSR count). The first-order valence-corrected chi connectivity index (χ1v) is 8.35. The number of rotatable bonds is 3. The molecule has 0 saturated carbocycles. The van der Waals surface area contributed by atoms with Gasteiger partial charge < -0.3 is 10.2 Å². The zero-order chi connectivity index (χ0) is 14.7. The fourth-order valence-electron chi connectivity index (χ4n) is 3.75. The number of piperazine rings is 1. The normalized spacial score (nSPS) is 27.6. The molecule has 0 radical (unpaired) electrons. The molecule has 3 nitrogen and oxygen atoms in total. The third-order valence-electron chi connectivity index (χ3n) is 5.32. The van der Waals surface area contributed by atoms with Gasteiger partial charge in [0.25, 0.3) is 0 Å². The van der Waals surface area contributed by atoms with E-state index in [0.717, 1.165) is 13.1 Å². The molecular weight excluding hydrogens is 258 g/mol. The maximum absolute atomic E-state index is 3.57. The van der Waals surface area contributed by atoms with Crippen LogP contribution in [0.2, 0.25) is 0 Å². The molecular formula is C18H29N3. The number of likely N-dealkylation sites (tertiary alicyclic amines) is 1. The monoisotopic (exact) mass is 287 g/mol. The third kappa shape index (κ3) is 3.65. The minimum atomic E-state index is 0.483. The number of nitrogens with one attached hydrogen (secondary N) is 1. The highest BCUT2D eigenvalue weighted by atomic mass is 15.2. The van der Waals surface area contributed by atoms with E-state index in [1.54, 1.807) is 0 Å². The Morgan fingerprint density at radius 3 is 2.57 bits per heavy atom. The lowest BCUT2D eigenvalue weighted by Crippen LogP contribution is -2.51. The van der Waals surface area contributed by atoms with Crippen LogP contribution in [-0.2, 0) is 0 Å². The van der Waals surface area contributed by atoms with E-state index in [1.165, 1.54) is 44.6 Å². The van der Waals surface area contributed by atoms with Crippen molar-refractivity contribution in [1.29, 1.82) is 0 Å². The summed E-state index contributed by atoms with van der Waals surface area (Å²) in [6.07, 6.45) is 2.66. The summed E-state index contributed by atoms with van der Waals surface area (Å²) in [7, 11) is 2.25. The van der Waals surface area contributed by atoms with Crippen LogP contribution in [0.3, 0.4) is 0 Å². The molecule has 1 unspecified atom stereocenters. The van der Waals surface area contributed by atoms with E-state index < -0.39 is 0 Å². The van der Waals surface area contributed by atoms with E-state index >= 15 is 0 Å². The van der Waals surface area contributed by atoms with Crippen LogP contribution in [0.4, 0.5) is 0 Å². The van der Waals surface area contributed by atoms with Crippen LogP contribution in [0.1, 0.15) is 31.4 Å². The molecule has 2 aliphatic heterocycles. The molecule has 1 atom stereocenters. The molecule has 0 bridgehead atoms. The summed E-state index contributed by atoms with van der Waals surface area (Å²) in [6.45, 7) is 9.60. The highest BCUT2D eigenvalue weighted by molar-refractivity contribution is 5.20. The van der Waals surface area contributed by atoms with Crippen molar-refractivity contribution in [3.05, 3.63) is 35.9 Å². The van der Waals surface area contributed by atoms with Gasteiger partial charge in [-0.15, -0.1) is 0 Å². The van der Waals surface area contributed by atoms with E-state index in [9.17, 15) is 0 Å². The predicted octanol–water partition coefficient (Wildman–Crippen LogP) is 2.36. The fourth-order valence-corrected chi connectivity index (χ4v) is 3.75. The van der Waals surface area contributed by atoms with E-state index in [0.29, 0.717) is 11.5 Å². The van der Waals surface area contributed by atoms with Crippen LogP contribution >= 0.6 is 0 Å². The van der Waals surface area contributed by atoms with E-state index in [4.69, 9.17) is 0 Å². The molecule has 3 heteroatoms. The van der Waals surface area contributed by atoms with Crippen molar-refractivity contribution in [3.63, 3.8) is 0 Å². The Balaban J connectivity index is 1.70. The quantitative estimate of drug-likeness (QED) is 0.921. The largest absolute Gasteiger partial charge is 0.314 e. The molecule has 0 aliphatic carbocycles. The van der Waals surface area contributed by atoms with Crippen molar-refractivity contribution in [3.8, 4) is 0 Å². The molecule has 0 amide bonds. The lowest BCUT2D eigenvalue weighted by molar-refractivity contribution is 0.0536. The van der Waals surface area contributed by atoms with Crippen molar-refractivity contribution in [2.75, 3.05) is 46.3 Å². The van der Waals surface area contributed by atoms with Crippen LogP contribution in [0.25, 0.3) is 0 Å². The Morgan fingerprint density at radius 1 is 1.14 bits per heavy atom. The molecule has 2 fully saturated rings. The van der Waals surface area contributed by atoms with Crippen LogP contribution < -0.4 is 5.32 Å². The number of hydrogen-bond donors (Lipinski definition) is 1. The standard InChI is InChI=1S/C18H29N3/c1-18(8-11-20(2)12-9-18)15-21-13-10-19-14-17(21)16-6-4-3-5-7-16/h3-7,17,19H,8-15H2,1-2H3. The zero-order valence-corrected chi connectivity index (χ0v) is 13.5. The van der Waals surface area contributed by atoms with Gasteiger partial charge >= 0.3 is 0 Å². The van der Waals surface area contributed by atoms with Gasteiger partial charge in [0.1, 0.15) is 0 Å². The average molecular weight is 287 g/mol. The highest BCUT2D eigenvalue weighted by Gasteiger charge is 2.34. The Kier molecular flexibility index (Phi) is 4.63. The van der Waals surface area contributed by atoms with Gasteiger partial charge in [0.05, 0.1) is 0 Å². The minimum Gasteiger partial charge on any atom is -0.314 e. The van der Waals surface area contributed by atoms with Crippen LogP contribution in [0.5, 0.6) is 0 Å². The van der Waals surface area contributed by atoms with Gasteiger partial charge in [0.2, 0.25) is 0 Å². The lowest BCUT2D eigenvalue weighted by Gasteiger charge is -2.45. The lowest BCUT2D eigenvalue weighted by atomic mass is 9.79. The second-order valence-electron chi connectivity index (χ2n) is 7.22. The molecule has 2 heterocycles. The SMILES string of the molecule is CN1CCC(C)(CN2CCNCC2c2ccccc2)CC1. The first-order chi connectivity index (χ1) is 10.2. The Bertz CT molecular complexity index is 437. The predicted molar refractivity (Wildman–Crippen MR) is 88.5 cm³/mol. The molecule has 0 spiro atoms. The van der Waals surface area contributed by atoms with Crippen molar-refractivity contribution < 1.29 is 0 Å². The van der Waals surface area contributed by atoms with Crippen LogP contribution in [0, 0.1) is 5.41 Å². The highest BCUT2D eigenvalue weighted by Crippen LogP contribution is 2.34. The van der Waals surface area contributed by atoms with Crippen LogP contribution in [0.15, 0.2) is 30.3 Å². The Labute approximate surface area is 129 Å². The van der Waals surface area contributed by atoms with Gasteiger partial charge in [-0.1, -0.05) is 37.3 Å². The summed E-state index contributed by atoms with van der Waals surface area (Å²) >= 11 is 0. The number of hydrogen-bond acceptors (Lipinski definition) is 3. The second kappa shape index (κ2) is 6.47. The maximum atomic E-state index is 3.57. The van der Waals surface area contributed by atoms with Crippen LogP contribution in [-0.4, -0.2) is 56.1 Å². The molecule has 1 N–H and O–H groups in total. The molecule has 1 aromatic carbocycles. The number of benzene rings is 1. The zero-order valence-electron chi connectivity index (χ0n) is 13.5. The van der Waals surface area contributed by atoms with Crippen molar-refractivity contribution >= 4 is 0 Å². The Morgan fingerprint density at radius 2 is 1.86 bits per heavy atom. The van der Waals surface area contributed by atoms with Crippen molar-refractivity contribution in [2.45, 2.75) is 25.8 Å². The first-order valence-electron chi connectivity index (χ1n) is 8.35. The third-order valence-corrected chi connectivity index (χ3v) is 5.32. The summed E-state index contributed by atoms with van der Waals surface area (Å²) < 4.78 is 0. The molecule has 2 saturated heterocycles. The molecule has 1 aromatic rings. The molecule has 116 valence electrons. The van der Waals surface area contributed by atoms with E-state index in [1.807, 2.05) is 0 Å². The van der Waals surface area contributed by atoms with Gasteiger partial charge in [-0.2, -0.15) is 0 Å². The van der Waals surface area contributed by atoms with Gasteiger partial charge in [0, 0.05) is 32.2 Å². The molecule has 2 aliphatic rings. The van der Waals surface area contributed by atoms with Crippen molar-refractivity contribution in [2.24, 2.45) is 5.41 Å². The number of nitrogens with zero attached hydrogens (tertiary/aromatic N) is 2. The summed E-state index contributed by atoms with van der Waals surface area (Å²) in [4.78, 5) is 5.19. The van der Waals surface area contributed by atoms with Gasteiger partial charge in [0.15, 0.2) is 0 Å².